The first-order valence-corrected chi connectivity index (χ1v) is 7.83. The number of aromatic nitrogens is 2. The van der Waals surface area contributed by atoms with Crippen LogP contribution in [0.2, 0.25) is 0 Å². The van der Waals surface area contributed by atoms with Crippen molar-refractivity contribution >= 4 is 0 Å². The molecule has 1 aliphatic rings. The van der Waals surface area contributed by atoms with Crippen LogP contribution in [0.3, 0.4) is 0 Å². The fourth-order valence-corrected chi connectivity index (χ4v) is 3.02. The lowest BCUT2D eigenvalue weighted by Gasteiger charge is -2.37. The predicted octanol–water partition coefficient (Wildman–Crippen LogP) is 2.56. The maximum absolute atomic E-state index is 4.53. The number of nitrogens with one attached hydrogen (secondary N) is 1. The number of likely N-dealkylation sites (tertiary alicyclic amines) is 1. The van der Waals surface area contributed by atoms with Gasteiger partial charge in [0.2, 0.25) is 0 Å². The molecule has 0 radical (unpaired) electrons. The highest BCUT2D eigenvalue weighted by molar-refractivity contribution is 5.13. The van der Waals surface area contributed by atoms with Crippen molar-refractivity contribution in [3.63, 3.8) is 0 Å². The molecule has 20 heavy (non-hydrogen) atoms. The Kier molecular flexibility index (Phi) is 5.49. The minimum Gasteiger partial charge on any atom is -0.314 e. The summed E-state index contributed by atoms with van der Waals surface area (Å²) in [6.45, 7) is 12.2. The molecule has 1 N–H and O–H groups in total. The monoisotopic (exact) mass is 276 g/mol. The number of nitrogens with zero attached hydrogens (tertiary/aromatic N) is 3. The van der Waals surface area contributed by atoms with Crippen molar-refractivity contribution in [2.24, 2.45) is 5.92 Å². The van der Waals surface area contributed by atoms with E-state index in [1.54, 1.807) is 12.4 Å². The molecule has 1 aliphatic heterocycles. The minimum atomic E-state index is 0.366. The molecule has 0 saturated carbocycles. The van der Waals surface area contributed by atoms with Crippen LogP contribution in [0.4, 0.5) is 0 Å². The summed E-state index contributed by atoms with van der Waals surface area (Å²) in [5, 5.41) is 3.57. The van der Waals surface area contributed by atoms with Crippen molar-refractivity contribution in [2.75, 3.05) is 19.6 Å². The van der Waals surface area contributed by atoms with Crippen LogP contribution in [-0.4, -0.2) is 40.5 Å². The molecule has 2 unspecified atom stereocenters. The number of piperidine rings is 1. The lowest BCUT2D eigenvalue weighted by atomic mass is 9.95. The zero-order valence-electron chi connectivity index (χ0n) is 13.3. The smallest absolute Gasteiger partial charge is 0.0784 e. The molecule has 0 bridgehead atoms. The van der Waals surface area contributed by atoms with Crippen LogP contribution in [0.1, 0.15) is 51.0 Å². The lowest BCUT2D eigenvalue weighted by Crippen LogP contribution is -2.42. The van der Waals surface area contributed by atoms with Crippen molar-refractivity contribution in [3.05, 3.63) is 23.8 Å². The van der Waals surface area contributed by atoms with Gasteiger partial charge in [-0.25, -0.2) is 0 Å². The van der Waals surface area contributed by atoms with Crippen LogP contribution in [0.15, 0.2) is 12.4 Å². The van der Waals surface area contributed by atoms with Gasteiger partial charge in [-0.1, -0.05) is 13.8 Å². The Balaban J connectivity index is 1.96. The summed E-state index contributed by atoms with van der Waals surface area (Å²) in [6.07, 6.45) is 6.20. The molecule has 4 nitrogen and oxygen atoms in total. The highest BCUT2D eigenvalue weighted by Gasteiger charge is 2.25. The molecular weight excluding hydrogens is 248 g/mol. The van der Waals surface area contributed by atoms with Crippen LogP contribution < -0.4 is 5.32 Å². The van der Waals surface area contributed by atoms with Gasteiger partial charge in [-0.05, 0) is 45.7 Å². The summed E-state index contributed by atoms with van der Waals surface area (Å²) in [6, 6.07) is 0.940. The Morgan fingerprint density at radius 3 is 2.75 bits per heavy atom. The van der Waals surface area contributed by atoms with Gasteiger partial charge in [0, 0.05) is 25.0 Å². The van der Waals surface area contributed by atoms with E-state index in [-0.39, 0.29) is 0 Å². The number of rotatable bonds is 5. The topological polar surface area (TPSA) is 41.1 Å². The van der Waals surface area contributed by atoms with Gasteiger partial charge in [0.25, 0.3) is 0 Å². The molecule has 1 aromatic rings. The maximum atomic E-state index is 4.53. The molecule has 112 valence electrons. The molecule has 1 aromatic heterocycles. The molecule has 0 aliphatic carbocycles. The first-order chi connectivity index (χ1) is 9.58. The molecular formula is C16H28N4. The maximum Gasteiger partial charge on any atom is 0.0784 e. The van der Waals surface area contributed by atoms with E-state index in [0.29, 0.717) is 12.1 Å². The van der Waals surface area contributed by atoms with Crippen LogP contribution in [0, 0.1) is 12.8 Å². The Labute approximate surface area is 123 Å². The molecule has 2 rings (SSSR count). The Bertz CT molecular complexity index is 419. The van der Waals surface area contributed by atoms with E-state index in [1.807, 2.05) is 0 Å². The second-order valence-electron chi connectivity index (χ2n) is 6.27. The SMILES string of the molecule is Cc1nccnc1C(C)N1CCCC(CNC(C)C)C1. The van der Waals surface area contributed by atoms with Gasteiger partial charge in [0.15, 0.2) is 0 Å². The summed E-state index contributed by atoms with van der Waals surface area (Å²) in [5.41, 5.74) is 2.19. The van der Waals surface area contributed by atoms with E-state index in [9.17, 15) is 0 Å². The highest BCUT2D eigenvalue weighted by atomic mass is 15.2. The first-order valence-electron chi connectivity index (χ1n) is 7.83. The minimum absolute atomic E-state index is 0.366. The van der Waals surface area contributed by atoms with Gasteiger partial charge >= 0.3 is 0 Å². The summed E-state index contributed by atoms with van der Waals surface area (Å²) < 4.78 is 0. The van der Waals surface area contributed by atoms with Crippen LogP contribution in [-0.2, 0) is 0 Å². The van der Waals surface area contributed by atoms with Crippen LogP contribution in [0.25, 0.3) is 0 Å². The third-order valence-corrected chi connectivity index (χ3v) is 4.23. The number of aryl methyl sites for hydroxylation is 1. The van der Waals surface area contributed by atoms with Crippen molar-refractivity contribution in [1.29, 1.82) is 0 Å². The van der Waals surface area contributed by atoms with Gasteiger partial charge in [-0.15, -0.1) is 0 Å². The van der Waals surface area contributed by atoms with E-state index >= 15 is 0 Å². The van der Waals surface area contributed by atoms with Gasteiger partial charge in [-0.3, -0.25) is 14.9 Å². The molecule has 1 fully saturated rings. The van der Waals surface area contributed by atoms with Crippen LogP contribution >= 0.6 is 0 Å². The fraction of sp³-hybridized carbons (Fsp3) is 0.750. The second kappa shape index (κ2) is 7.14. The second-order valence-corrected chi connectivity index (χ2v) is 6.27. The summed E-state index contributed by atoms with van der Waals surface area (Å²) in [7, 11) is 0. The Morgan fingerprint density at radius 2 is 2.05 bits per heavy atom. The fourth-order valence-electron chi connectivity index (χ4n) is 3.02. The molecule has 4 heteroatoms. The van der Waals surface area contributed by atoms with E-state index in [4.69, 9.17) is 0 Å². The summed E-state index contributed by atoms with van der Waals surface area (Å²) >= 11 is 0. The normalized spacial score (nSPS) is 22.1. The molecule has 1 saturated heterocycles. The number of hydrogen-bond acceptors (Lipinski definition) is 4. The third kappa shape index (κ3) is 4.00. The zero-order valence-corrected chi connectivity index (χ0v) is 13.3. The van der Waals surface area contributed by atoms with Crippen molar-refractivity contribution < 1.29 is 0 Å². The van der Waals surface area contributed by atoms with Crippen LogP contribution in [0.5, 0.6) is 0 Å². The van der Waals surface area contributed by atoms with E-state index in [0.717, 1.165) is 30.4 Å². The zero-order chi connectivity index (χ0) is 14.5. The third-order valence-electron chi connectivity index (χ3n) is 4.23. The number of hydrogen-bond donors (Lipinski definition) is 1. The van der Waals surface area contributed by atoms with E-state index in [1.165, 1.54) is 19.4 Å². The highest BCUT2D eigenvalue weighted by Crippen LogP contribution is 2.26. The first kappa shape index (κ1) is 15.4. The largest absolute Gasteiger partial charge is 0.314 e. The molecule has 0 aromatic carbocycles. The standard InChI is InChI=1S/C16H28N4/c1-12(2)19-10-15-6-5-9-20(11-15)14(4)16-13(3)17-7-8-18-16/h7-8,12,14-15,19H,5-6,9-11H2,1-4H3. The van der Waals surface area contributed by atoms with Gasteiger partial charge in [0.1, 0.15) is 0 Å². The summed E-state index contributed by atoms with van der Waals surface area (Å²) in [4.78, 5) is 11.5. The van der Waals surface area contributed by atoms with Crippen molar-refractivity contribution in [1.82, 2.24) is 20.2 Å². The van der Waals surface area contributed by atoms with Gasteiger partial charge in [-0.2, -0.15) is 0 Å². The Hall–Kier alpha value is -1.00. The Morgan fingerprint density at radius 1 is 1.30 bits per heavy atom. The van der Waals surface area contributed by atoms with Crippen molar-refractivity contribution in [3.8, 4) is 0 Å². The average molecular weight is 276 g/mol. The quantitative estimate of drug-likeness (QED) is 0.897. The molecule has 2 atom stereocenters. The van der Waals surface area contributed by atoms with Gasteiger partial charge < -0.3 is 5.32 Å². The van der Waals surface area contributed by atoms with Gasteiger partial charge in [0.05, 0.1) is 17.4 Å². The van der Waals surface area contributed by atoms with E-state index < -0.39 is 0 Å². The molecule has 0 amide bonds. The molecule has 2 heterocycles. The predicted molar refractivity (Wildman–Crippen MR) is 82.6 cm³/mol. The molecule has 0 spiro atoms. The average Bonchev–Trinajstić information content (AvgIpc) is 2.45. The lowest BCUT2D eigenvalue weighted by molar-refractivity contribution is 0.126. The van der Waals surface area contributed by atoms with Crippen molar-refractivity contribution in [2.45, 2.75) is 52.6 Å². The summed E-state index contributed by atoms with van der Waals surface area (Å²) in [5.74, 6) is 0.755. The van der Waals surface area contributed by atoms with E-state index in [2.05, 4.69) is 47.9 Å².